The van der Waals surface area contributed by atoms with E-state index in [1.165, 1.54) is 0 Å². The molecule has 0 bridgehead atoms. The molecule has 0 saturated heterocycles. The van der Waals surface area contributed by atoms with Crippen LogP contribution < -0.4 is 11.1 Å². The highest BCUT2D eigenvalue weighted by atomic mass is 79.9. The minimum absolute atomic E-state index is 0.621. The zero-order chi connectivity index (χ0) is 14.8. The molecule has 0 aliphatic rings. The molecule has 2 heterocycles. The summed E-state index contributed by atoms with van der Waals surface area (Å²) in [6.45, 7) is 2.48. The molecule has 0 spiro atoms. The summed E-state index contributed by atoms with van der Waals surface area (Å²) in [6.07, 6.45) is 2.41. The van der Waals surface area contributed by atoms with Gasteiger partial charge in [-0.25, -0.2) is 0 Å². The van der Waals surface area contributed by atoms with Gasteiger partial charge in [0.1, 0.15) is 0 Å². The lowest BCUT2D eigenvalue weighted by Crippen LogP contribution is -2.06. The maximum absolute atomic E-state index is 5.99. The van der Waals surface area contributed by atoms with Crippen LogP contribution in [0.3, 0.4) is 0 Å². The molecule has 0 unspecified atom stereocenters. The van der Waals surface area contributed by atoms with Crippen molar-refractivity contribution in [2.24, 2.45) is 0 Å². The van der Waals surface area contributed by atoms with Gasteiger partial charge in [-0.15, -0.1) is 0 Å². The molecule has 0 atom stereocenters. The minimum Gasteiger partial charge on any atom is -0.398 e. The number of fused-ring (bicyclic) bond motifs is 1. The standard InChI is InChI=1S/C14H14BrN5O/c1-8-19-13(21-20-8)4-5-17-12-3-2-11(16)10-6-9(15)7-18-14(10)12/h2-3,6-7,17H,4-5,16H2,1H3. The number of aromatic nitrogens is 3. The van der Waals surface area contributed by atoms with Gasteiger partial charge in [0.25, 0.3) is 0 Å². The molecule has 0 aliphatic heterocycles. The van der Waals surface area contributed by atoms with Crippen LogP contribution in [0.2, 0.25) is 0 Å². The maximum Gasteiger partial charge on any atom is 0.228 e. The Bertz CT molecular complexity index is 786. The summed E-state index contributed by atoms with van der Waals surface area (Å²) >= 11 is 3.41. The summed E-state index contributed by atoms with van der Waals surface area (Å²) in [5.74, 6) is 1.27. The van der Waals surface area contributed by atoms with Crippen LogP contribution >= 0.6 is 15.9 Å². The predicted octanol–water partition coefficient (Wildman–Crippen LogP) is 2.93. The molecule has 0 aliphatic carbocycles. The van der Waals surface area contributed by atoms with Gasteiger partial charge in [0.2, 0.25) is 5.89 Å². The molecule has 0 amide bonds. The van der Waals surface area contributed by atoms with Crippen LogP contribution in [0.5, 0.6) is 0 Å². The van der Waals surface area contributed by atoms with Crippen LogP contribution in [0.4, 0.5) is 11.4 Å². The normalized spacial score (nSPS) is 11.0. The first kappa shape index (κ1) is 13.8. The van der Waals surface area contributed by atoms with Crippen LogP contribution in [0.25, 0.3) is 10.9 Å². The monoisotopic (exact) mass is 347 g/mol. The molecular formula is C14H14BrN5O. The molecule has 3 aromatic rings. The van der Waals surface area contributed by atoms with E-state index in [-0.39, 0.29) is 0 Å². The first-order valence-corrected chi connectivity index (χ1v) is 7.29. The number of nitrogens with two attached hydrogens (primary N) is 1. The number of nitrogens with zero attached hydrogens (tertiary/aromatic N) is 3. The van der Waals surface area contributed by atoms with Crippen molar-refractivity contribution in [2.45, 2.75) is 13.3 Å². The Balaban J connectivity index is 1.79. The molecule has 3 N–H and O–H groups in total. The van der Waals surface area contributed by atoms with Gasteiger partial charge >= 0.3 is 0 Å². The van der Waals surface area contributed by atoms with Crippen molar-refractivity contribution in [1.29, 1.82) is 0 Å². The fourth-order valence-corrected chi connectivity index (χ4v) is 2.44. The van der Waals surface area contributed by atoms with Crippen molar-refractivity contribution in [3.63, 3.8) is 0 Å². The van der Waals surface area contributed by atoms with E-state index in [4.69, 9.17) is 10.3 Å². The van der Waals surface area contributed by atoms with Gasteiger partial charge in [-0.3, -0.25) is 4.98 Å². The van der Waals surface area contributed by atoms with Crippen LogP contribution in [-0.2, 0) is 6.42 Å². The maximum atomic E-state index is 5.99. The molecule has 6 nitrogen and oxygen atoms in total. The van der Waals surface area contributed by atoms with Crippen LogP contribution in [-0.4, -0.2) is 21.7 Å². The Morgan fingerprint density at radius 2 is 2.24 bits per heavy atom. The largest absolute Gasteiger partial charge is 0.398 e. The average Bonchev–Trinajstić information content (AvgIpc) is 2.87. The fourth-order valence-electron chi connectivity index (χ4n) is 2.10. The molecule has 2 aromatic heterocycles. The van der Waals surface area contributed by atoms with Gasteiger partial charge in [-0.1, -0.05) is 5.16 Å². The van der Waals surface area contributed by atoms with E-state index in [1.54, 1.807) is 13.1 Å². The number of hydrogen-bond donors (Lipinski definition) is 2. The first-order valence-electron chi connectivity index (χ1n) is 6.50. The quantitative estimate of drug-likeness (QED) is 0.705. The third-order valence-electron chi connectivity index (χ3n) is 3.07. The molecular weight excluding hydrogens is 334 g/mol. The van der Waals surface area contributed by atoms with E-state index in [1.807, 2.05) is 18.2 Å². The van der Waals surface area contributed by atoms with Crippen molar-refractivity contribution < 1.29 is 4.52 Å². The van der Waals surface area contributed by atoms with E-state index in [0.717, 1.165) is 21.1 Å². The Kier molecular flexibility index (Phi) is 3.74. The van der Waals surface area contributed by atoms with Crippen molar-refractivity contribution in [2.75, 3.05) is 17.6 Å². The van der Waals surface area contributed by atoms with Gasteiger partial charge in [0.05, 0.1) is 11.2 Å². The molecule has 108 valence electrons. The third-order valence-corrected chi connectivity index (χ3v) is 3.51. The van der Waals surface area contributed by atoms with E-state index in [2.05, 4.69) is 36.4 Å². The predicted molar refractivity (Wildman–Crippen MR) is 85.1 cm³/mol. The zero-order valence-corrected chi connectivity index (χ0v) is 13.0. The Morgan fingerprint density at radius 1 is 1.38 bits per heavy atom. The summed E-state index contributed by atoms with van der Waals surface area (Å²) in [5.41, 5.74) is 8.48. The highest BCUT2D eigenvalue weighted by molar-refractivity contribution is 9.10. The Morgan fingerprint density at radius 3 is 3.00 bits per heavy atom. The average molecular weight is 348 g/mol. The minimum atomic E-state index is 0.621. The number of aryl methyl sites for hydroxylation is 1. The van der Waals surface area contributed by atoms with Crippen molar-refractivity contribution >= 4 is 38.2 Å². The fraction of sp³-hybridized carbons (Fsp3) is 0.214. The van der Waals surface area contributed by atoms with Crippen LogP contribution in [0.15, 0.2) is 33.4 Å². The van der Waals surface area contributed by atoms with Crippen molar-refractivity contribution in [3.05, 3.63) is 40.6 Å². The highest BCUT2D eigenvalue weighted by Crippen LogP contribution is 2.28. The smallest absolute Gasteiger partial charge is 0.228 e. The number of halogens is 1. The SMILES string of the molecule is Cc1noc(CCNc2ccc(N)c3cc(Br)cnc23)n1. The second-order valence-electron chi connectivity index (χ2n) is 4.66. The Hall–Kier alpha value is -2.15. The van der Waals surface area contributed by atoms with E-state index in [9.17, 15) is 0 Å². The van der Waals surface area contributed by atoms with Crippen LogP contribution in [0.1, 0.15) is 11.7 Å². The van der Waals surface area contributed by atoms with Crippen molar-refractivity contribution in [1.82, 2.24) is 15.1 Å². The molecule has 1 aromatic carbocycles. The van der Waals surface area contributed by atoms with Gasteiger partial charge in [-0.2, -0.15) is 4.98 Å². The summed E-state index contributed by atoms with van der Waals surface area (Å²) in [4.78, 5) is 8.60. The van der Waals surface area contributed by atoms with E-state index < -0.39 is 0 Å². The van der Waals surface area contributed by atoms with Gasteiger partial charge in [-0.05, 0) is 41.1 Å². The van der Waals surface area contributed by atoms with Gasteiger partial charge in [0, 0.05) is 34.7 Å². The first-order chi connectivity index (χ1) is 10.1. The number of pyridine rings is 1. The molecule has 21 heavy (non-hydrogen) atoms. The molecule has 3 rings (SSSR count). The van der Waals surface area contributed by atoms with Gasteiger partial charge in [0.15, 0.2) is 5.82 Å². The van der Waals surface area contributed by atoms with Gasteiger partial charge < -0.3 is 15.6 Å². The second-order valence-corrected chi connectivity index (χ2v) is 5.58. The van der Waals surface area contributed by atoms with E-state index >= 15 is 0 Å². The third kappa shape index (κ3) is 2.97. The highest BCUT2D eigenvalue weighted by Gasteiger charge is 2.07. The van der Waals surface area contributed by atoms with Crippen LogP contribution in [0, 0.1) is 6.92 Å². The number of nitrogens with one attached hydrogen (secondary N) is 1. The summed E-state index contributed by atoms with van der Waals surface area (Å²) in [6, 6.07) is 5.76. The molecule has 0 radical (unpaired) electrons. The summed E-state index contributed by atoms with van der Waals surface area (Å²) in [7, 11) is 0. The lowest BCUT2D eigenvalue weighted by atomic mass is 10.1. The molecule has 7 heteroatoms. The van der Waals surface area contributed by atoms with Crippen molar-refractivity contribution in [3.8, 4) is 0 Å². The number of rotatable bonds is 4. The second kappa shape index (κ2) is 5.69. The Labute approximate surface area is 129 Å². The lowest BCUT2D eigenvalue weighted by molar-refractivity contribution is 0.377. The topological polar surface area (TPSA) is 89.9 Å². The number of benzene rings is 1. The zero-order valence-electron chi connectivity index (χ0n) is 11.4. The molecule has 0 fully saturated rings. The summed E-state index contributed by atoms with van der Waals surface area (Å²) < 4.78 is 5.98. The number of anilines is 2. The number of nitrogen functional groups attached to an aromatic ring is 1. The summed E-state index contributed by atoms with van der Waals surface area (Å²) in [5, 5.41) is 8.02. The lowest BCUT2D eigenvalue weighted by Gasteiger charge is -2.10. The molecule has 0 saturated carbocycles. The number of hydrogen-bond acceptors (Lipinski definition) is 6. The van der Waals surface area contributed by atoms with E-state index in [0.29, 0.717) is 30.4 Å².